The van der Waals surface area contributed by atoms with Crippen LogP contribution >= 0.6 is 0 Å². The molecule has 0 aromatic heterocycles. The lowest BCUT2D eigenvalue weighted by Gasteiger charge is -2.42. The first-order valence-electron chi connectivity index (χ1n) is 17.8. The lowest BCUT2D eigenvalue weighted by Crippen LogP contribution is -2.64. The van der Waals surface area contributed by atoms with Crippen LogP contribution in [0.25, 0.3) is 0 Å². The molecule has 53 heavy (non-hydrogen) atoms. The molecule has 4 N–H and O–H groups in total. The van der Waals surface area contributed by atoms with Gasteiger partial charge in [-0.05, 0) is 71.6 Å². The zero-order valence-corrected chi connectivity index (χ0v) is 33.1. The summed E-state index contributed by atoms with van der Waals surface area (Å²) in [7, 11) is -3.88. The van der Waals surface area contributed by atoms with E-state index in [-0.39, 0.29) is 45.2 Å². The van der Waals surface area contributed by atoms with E-state index in [2.05, 4.69) is 39.7 Å². The minimum atomic E-state index is -3.88. The largest absolute Gasteiger partial charge is 0.346 e. The molecule has 1 saturated heterocycles. The molecule has 0 aromatic rings. The maximum atomic E-state index is 14.5. The number of rotatable bonds is 14. The number of likely N-dealkylation sites (tertiary alicyclic amines) is 1. The van der Waals surface area contributed by atoms with Crippen molar-refractivity contribution >= 4 is 39.4 Å². The van der Waals surface area contributed by atoms with Gasteiger partial charge >= 0.3 is 6.03 Å². The van der Waals surface area contributed by atoms with Crippen molar-refractivity contribution in [3.63, 3.8) is 0 Å². The van der Waals surface area contributed by atoms with Crippen molar-refractivity contribution in [3.05, 3.63) is 12.7 Å². The number of urea groups is 1. The molecule has 15 heteroatoms. The smallest absolute Gasteiger partial charge is 0.315 e. The predicted octanol–water partition coefficient (Wildman–Crippen LogP) is 3.51. The Kier molecular flexibility index (Phi) is 14.5. The van der Waals surface area contributed by atoms with Crippen molar-refractivity contribution in [2.24, 2.45) is 16.7 Å². The highest BCUT2D eigenvalue weighted by atomic mass is 32.2. The van der Waals surface area contributed by atoms with Gasteiger partial charge in [0.25, 0.3) is 5.91 Å². The molecule has 4 atom stereocenters. The molecule has 2 aliphatic rings. The molecule has 1 saturated carbocycles. The summed E-state index contributed by atoms with van der Waals surface area (Å²) in [5.74, 6) is -2.17. The molecular formula is C38H57F2N5O7S. The number of nitrogens with one attached hydrogen (secondary N) is 4. The number of carbonyl (C=O) groups excluding carboxylic acids is 5. The maximum absolute atomic E-state index is 14.5. The van der Waals surface area contributed by atoms with Gasteiger partial charge < -0.3 is 26.2 Å². The highest BCUT2D eigenvalue weighted by Gasteiger charge is 2.51. The summed E-state index contributed by atoms with van der Waals surface area (Å²) in [6, 6.07) is -4.70. The molecule has 2 fully saturated rings. The van der Waals surface area contributed by atoms with E-state index in [1.807, 2.05) is 0 Å². The fraction of sp³-hybridized carbons (Fsp3) is 0.711. The molecule has 0 bridgehead atoms. The van der Waals surface area contributed by atoms with Gasteiger partial charge in [-0.15, -0.1) is 31.3 Å². The van der Waals surface area contributed by atoms with Crippen LogP contribution in [0.3, 0.4) is 0 Å². The van der Waals surface area contributed by atoms with Crippen LogP contribution in [0.5, 0.6) is 0 Å². The number of halogens is 2. The number of amides is 5. The molecule has 296 valence electrons. The average molecular weight is 766 g/mol. The first-order valence-corrected chi connectivity index (χ1v) is 19.4. The van der Waals surface area contributed by atoms with Crippen molar-refractivity contribution in [1.82, 2.24) is 26.2 Å². The molecule has 5 amide bonds. The summed E-state index contributed by atoms with van der Waals surface area (Å²) >= 11 is 0. The Labute approximate surface area is 313 Å². The van der Waals surface area contributed by atoms with E-state index in [1.165, 1.54) is 31.7 Å². The van der Waals surface area contributed by atoms with Crippen molar-refractivity contribution in [2.75, 3.05) is 18.8 Å². The van der Waals surface area contributed by atoms with E-state index in [9.17, 15) is 41.2 Å². The Balaban J connectivity index is 2.48. The fourth-order valence-electron chi connectivity index (χ4n) is 6.35. The van der Waals surface area contributed by atoms with E-state index >= 15 is 0 Å². The number of Topliss-reactive ketones (excluding diaryl/α,β-unsaturated/α-hetero) is 1. The van der Waals surface area contributed by atoms with Crippen LogP contribution in [0.1, 0.15) is 100 Å². The van der Waals surface area contributed by atoms with Crippen molar-refractivity contribution < 1.29 is 41.2 Å². The lowest BCUT2D eigenvalue weighted by atomic mass is 9.78. The van der Waals surface area contributed by atoms with E-state index in [0.29, 0.717) is 0 Å². The molecular weight excluding hydrogens is 709 g/mol. The van der Waals surface area contributed by atoms with Gasteiger partial charge in [0, 0.05) is 37.8 Å². The lowest BCUT2D eigenvalue weighted by molar-refractivity contribution is -0.143. The van der Waals surface area contributed by atoms with Gasteiger partial charge in [-0.2, -0.15) is 0 Å². The highest BCUT2D eigenvalue weighted by molar-refractivity contribution is 7.92. The second kappa shape index (κ2) is 17.0. The predicted molar refractivity (Wildman–Crippen MR) is 199 cm³/mol. The normalized spacial score (nSPS) is 21.2. The van der Waals surface area contributed by atoms with Crippen LogP contribution in [-0.2, 0) is 29.0 Å². The average Bonchev–Trinajstić information content (AvgIpc) is 3.51. The number of hydrogen-bond acceptors (Lipinski definition) is 7. The first-order chi connectivity index (χ1) is 24.2. The number of hydrogen-bond donors (Lipinski definition) is 4. The molecule has 1 unspecified atom stereocenters. The highest BCUT2D eigenvalue weighted by Crippen LogP contribution is 2.41. The van der Waals surface area contributed by atoms with Crippen LogP contribution in [0.15, 0.2) is 12.7 Å². The number of terminal acetylenes is 2. The Hall–Kier alpha value is -3.98. The summed E-state index contributed by atoms with van der Waals surface area (Å²) in [6.45, 7) is 16.6. The second-order valence-electron chi connectivity index (χ2n) is 16.9. The number of sulfone groups is 1. The molecule has 1 aliphatic heterocycles. The maximum Gasteiger partial charge on any atom is 0.315 e. The van der Waals surface area contributed by atoms with Crippen molar-refractivity contribution in [2.45, 2.75) is 135 Å². The van der Waals surface area contributed by atoms with E-state index in [4.69, 9.17) is 12.8 Å². The second-order valence-corrected chi connectivity index (χ2v) is 19.6. The standard InChI is InChI=1S/C38H57F2N5O7S/c1-12-15-16-26(28(46)31(48)41-21-13-2)42-30(47)27-22-25(36(10,11)14-3)23-45(27)32(49)29(34(4,5)6)43-33(50)44-37(17-19-38(39,40)20-18-37)24-53(51,52)35(7,8)9/h1,3,13,25-27,29H,2,15-24H2,4-11H3,(H,41,48)(H,42,47)(H2,43,44,50)/t25-,26?,27+,29-/m1/s1. The quantitative estimate of drug-likeness (QED) is 0.119. The Morgan fingerprint density at radius 3 is 2.06 bits per heavy atom. The molecule has 1 aliphatic carbocycles. The van der Waals surface area contributed by atoms with Crippen LogP contribution in [0.4, 0.5) is 13.6 Å². The van der Waals surface area contributed by atoms with Crippen LogP contribution < -0.4 is 21.3 Å². The summed E-state index contributed by atoms with van der Waals surface area (Å²) in [6.07, 6.45) is 10.9. The molecule has 2 rings (SSSR count). The third kappa shape index (κ3) is 11.8. The summed E-state index contributed by atoms with van der Waals surface area (Å²) in [5, 5.41) is 10.3. The van der Waals surface area contributed by atoms with Gasteiger partial charge in [0.1, 0.15) is 12.1 Å². The minimum Gasteiger partial charge on any atom is -0.346 e. The minimum absolute atomic E-state index is 0.00956. The van der Waals surface area contributed by atoms with Gasteiger partial charge in [-0.25, -0.2) is 22.0 Å². The summed E-state index contributed by atoms with van der Waals surface area (Å²) < 4.78 is 54.0. The van der Waals surface area contributed by atoms with E-state index in [0.717, 1.165) is 0 Å². The molecule has 0 spiro atoms. The van der Waals surface area contributed by atoms with Crippen LogP contribution in [0, 0.1) is 41.4 Å². The van der Waals surface area contributed by atoms with Gasteiger partial charge in [-0.1, -0.05) is 26.8 Å². The van der Waals surface area contributed by atoms with Gasteiger partial charge in [0.15, 0.2) is 9.84 Å². The number of nitrogens with zero attached hydrogens (tertiary/aromatic N) is 1. The molecule has 0 radical (unpaired) electrons. The van der Waals surface area contributed by atoms with Crippen molar-refractivity contribution in [1.29, 1.82) is 0 Å². The number of alkyl halides is 2. The summed E-state index contributed by atoms with van der Waals surface area (Å²) in [4.78, 5) is 69.1. The molecule has 12 nitrogen and oxygen atoms in total. The summed E-state index contributed by atoms with van der Waals surface area (Å²) in [5.41, 5.74) is -3.29. The fourth-order valence-corrected chi connectivity index (χ4v) is 7.87. The van der Waals surface area contributed by atoms with Crippen molar-refractivity contribution in [3.8, 4) is 24.7 Å². The zero-order chi connectivity index (χ0) is 40.8. The van der Waals surface area contributed by atoms with Gasteiger partial charge in [0.05, 0.1) is 22.1 Å². The van der Waals surface area contributed by atoms with Crippen LogP contribution in [0.2, 0.25) is 0 Å². The Bertz CT molecular complexity index is 1610. The third-order valence-electron chi connectivity index (χ3n) is 10.2. The number of carbonyl (C=O) groups is 5. The van der Waals surface area contributed by atoms with E-state index < -0.39 is 109 Å². The molecule has 0 aromatic carbocycles. The monoisotopic (exact) mass is 765 g/mol. The molecule has 1 heterocycles. The van der Waals surface area contributed by atoms with Gasteiger partial charge in [-0.3, -0.25) is 19.2 Å². The Morgan fingerprint density at radius 1 is 0.981 bits per heavy atom. The first kappa shape index (κ1) is 45.2. The van der Waals surface area contributed by atoms with Crippen LogP contribution in [-0.4, -0.2) is 96.0 Å². The van der Waals surface area contributed by atoms with Gasteiger partial charge in [0.2, 0.25) is 23.5 Å². The number of ketones is 1. The zero-order valence-electron chi connectivity index (χ0n) is 32.3. The topological polar surface area (TPSA) is 171 Å². The third-order valence-corrected chi connectivity index (χ3v) is 13.0. The Morgan fingerprint density at radius 2 is 1.57 bits per heavy atom. The van der Waals surface area contributed by atoms with E-state index in [1.54, 1.807) is 34.6 Å². The SMILES string of the molecule is C#CCCC(NC(=O)[C@@H]1C[C@@H](C(C)(C)C#C)CN1C(=O)[C@@H](NC(=O)NC1(CS(=O)(=O)C(C)(C)C)CCC(F)(F)CC1)C(C)(C)C)C(=O)C(=O)NCC=C.